The number of hydrogen-bond acceptors (Lipinski definition) is 4. The molecule has 0 spiro atoms. The van der Waals surface area contributed by atoms with Gasteiger partial charge in [0.25, 0.3) is 0 Å². The van der Waals surface area contributed by atoms with Gasteiger partial charge in [0.1, 0.15) is 12.2 Å². The molecule has 7 aliphatic rings. The van der Waals surface area contributed by atoms with E-state index in [1.165, 1.54) is 30.9 Å². The summed E-state index contributed by atoms with van der Waals surface area (Å²) < 4.78 is 12.0. The van der Waals surface area contributed by atoms with Crippen molar-refractivity contribution in [2.75, 3.05) is 0 Å². The summed E-state index contributed by atoms with van der Waals surface area (Å²) in [5.41, 5.74) is 3.47. The number of esters is 2. The second-order valence-corrected chi connectivity index (χ2v) is 14.4. The van der Waals surface area contributed by atoms with Crippen LogP contribution in [-0.2, 0) is 19.1 Å². The van der Waals surface area contributed by atoms with E-state index < -0.39 is 0 Å². The van der Waals surface area contributed by atoms with Crippen LogP contribution in [0.3, 0.4) is 0 Å². The van der Waals surface area contributed by atoms with Gasteiger partial charge in [0.2, 0.25) is 0 Å². The fourth-order valence-corrected chi connectivity index (χ4v) is 10.5. The second-order valence-electron chi connectivity index (χ2n) is 14.4. The van der Waals surface area contributed by atoms with Gasteiger partial charge in [0, 0.05) is 19.3 Å². The monoisotopic (exact) mass is 494 g/mol. The highest BCUT2D eigenvalue weighted by atomic mass is 16.5. The zero-order valence-corrected chi connectivity index (χ0v) is 23.3. The van der Waals surface area contributed by atoms with Gasteiger partial charge >= 0.3 is 11.9 Å². The number of allylic oxidation sites excluding steroid dienone is 2. The molecule has 4 saturated carbocycles. The third-order valence-electron chi connectivity index (χ3n) is 12.6. The number of hydrogen-bond donors (Lipinski definition) is 0. The first kappa shape index (κ1) is 24.7. The van der Waals surface area contributed by atoms with E-state index in [9.17, 15) is 9.59 Å². The Kier molecular flexibility index (Phi) is 5.64. The number of carbonyl (C=O) groups excluding carboxylic acids is 2. The molecular formula is C32H46O4. The minimum atomic E-state index is -0.158. The Morgan fingerprint density at radius 3 is 2.42 bits per heavy atom. The van der Waals surface area contributed by atoms with Gasteiger partial charge < -0.3 is 9.47 Å². The van der Waals surface area contributed by atoms with Gasteiger partial charge in [-0.25, -0.2) is 0 Å². The number of carbonyl (C=O) groups is 2. The van der Waals surface area contributed by atoms with Crippen molar-refractivity contribution in [3.05, 3.63) is 23.3 Å². The average Bonchev–Trinajstić information content (AvgIpc) is 3.15. The van der Waals surface area contributed by atoms with Crippen molar-refractivity contribution in [1.82, 2.24) is 0 Å². The average molecular weight is 495 g/mol. The normalized spacial score (nSPS) is 48.3. The Morgan fingerprint density at radius 2 is 1.72 bits per heavy atom. The van der Waals surface area contributed by atoms with E-state index in [0.717, 1.165) is 44.9 Å². The Balaban J connectivity index is 1.18. The molecule has 10 atom stereocenters. The molecule has 2 bridgehead atoms. The summed E-state index contributed by atoms with van der Waals surface area (Å²) in [6.45, 7) is 13.3. The number of ether oxygens (including phenoxy) is 2. The maximum Gasteiger partial charge on any atom is 0.310 e. The zero-order valence-electron chi connectivity index (χ0n) is 23.3. The molecule has 0 amide bonds. The van der Waals surface area contributed by atoms with E-state index in [2.05, 4.69) is 46.8 Å². The molecule has 0 aliphatic heterocycles. The highest BCUT2D eigenvalue weighted by Crippen LogP contribution is 2.67. The minimum absolute atomic E-state index is 0.0379. The van der Waals surface area contributed by atoms with Crippen molar-refractivity contribution in [1.29, 1.82) is 0 Å². The van der Waals surface area contributed by atoms with Gasteiger partial charge in [-0.1, -0.05) is 44.9 Å². The number of rotatable bonds is 3. The lowest BCUT2D eigenvalue weighted by Crippen LogP contribution is -2.55. The molecule has 198 valence electrons. The summed E-state index contributed by atoms with van der Waals surface area (Å²) >= 11 is 0. The van der Waals surface area contributed by atoms with Crippen LogP contribution in [-0.4, -0.2) is 24.1 Å². The summed E-state index contributed by atoms with van der Waals surface area (Å²) in [5.74, 6) is 3.03. The maximum absolute atomic E-state index is 13.7. The fraction of sp³-hybridized carbons (Fsp3) is 0.812. The van der Waals surface area contributed by atoms with Crippen molar-refractivity contribution in [2.24, 2.45) is 51.8 Å². The largest absolute Gasteiger partial charge is 0.462 e. The molecule has 0 saturated heterocycles. The van der Waals surface area contributed by atoms with Gasteiger partial charge in [-0.15, -0.1) is 0 Å². The maximum atomic E-state index is 13.7. The standard InChI is InChI=1S/C32H46O4/c1-18-15-28(27-17-26(18)30(27,3)4)36-29(34)25-10-9-23-22-8-7-20-16-21(35-19(2)33)11-13-31(20,5)24(22)12-14-32(23,25)6/h7,15,21-28H,8-14,16-17H2,1-6H3/t21?,22-,23-,24-,25+,26+,27-,28+,31-,32-/m0/s1. The summed E-state index contributed by atoms with van der Waals surface area (Å²) in [6, 6.07) is 0. The van der Waals surface area contributed by atoms with E-state index in [-0.39, 0.29) is 46.3 Å². The first-order valence-electron chi connectivity index (χ1n) is 14.7. The van der Waals surface area contributed by atoms with Gasteiger partial charge in [-0.2, -0.15) is 0 Å². The minimum Gasteiger partial charge on any atom is -0.462 e. The van der Waals surface area contributed by atoms with Crippen molar-refractivity contribution in [3.8, 4) is 0 Å². The van der Waals surface area contributed by atoms with Crippen LogP contribution in [0.4, 0.5) is 0 Å². The zero-order chi connectivity index (χ0) is 25.6. The molecule has 4 nitrogen and oxygen atoms in total. The van der Waals surface area contributed by atoms with Crippen LogP contribution in [0.2, 0.25) is 0 Å². The van der Waals surface area contributed by atoms with Crippen LogP contribution in [0.25, 0.3) is 0 Å². The SMILES string of the molecule is CC(=O)OC1CC[C@@]2(C)C(=CC[C@H]3[C@@H]4CC[C@H](C(=O)O[C@@H]5C=C(C)[C@H]6C[C@@H]5C6(C)C)[C@@]4(C)CC[C@@H]32)C1. The van der Waals surface area contributed by atoms with Gasteiger partial charge in [0.05, 0.1) is 5.92 Å². The molecule has 7 aliphatic carbocycles. The van der Waals surface area contributed by atoms with Crippen molar-refractivity contribution >= 4 is 11.9 Å². The van der Waals surface area contributed by atoms with Gasteiger partial charge in [-0.05, 0) is 104 Å². The van der Waals surface area contributed by atoms with Crippen LogP contribution in [0.1, 0.15) is 99.3 Å². The van der Waals surface area contributed by atoms with Crippen LogP contribution in [0, 0.1) is 51.8 Å². The highest BCUT2D eigenvalue weighted by Gasteiger charge is 2.61. The van der Waals surface area contributed by atoms with Crippen molar-refractivity contribution < 1.29 is 19.1 Å². The van der Waals surface area contributed by atoms with E-state index in [1.807, 2.05) is 0 Å². The smallest absolute Gasteiger partial charge is 0.310 e. The van der Waals surface area contributed by atoms with Crippen LogP contribution in [0.15, 0.2) is 23.3 Å². The molecule has 0 aromatic rings. The third kappa shape index (κ3) is 3.44. The quantitative estimate of drug-likeness (QED) is 0.312. The molecule has 0 aromatic heterocycles. The van der Waals surface area contributed by atoms with Gasteiger partial charge in [0.15, 0.2) is 0 Å². The van der Waals surface area contributed by atoms with Gasteiger partial charge in [-0.3, -0.25) is 9.59 Å². The van der Waals surface area contributed by atoms with Crippen molar-refractivity contribution in [3.63, 3.8) is 0 Å². The Labute approximate surface area is 217 Å². The van der Waals surface area contributed by atoms with Crippen LogP contribution >= 0.6 is 0 Å². The first-order valence-corrected chi connectivity index (χ1v) is 14.7. The van der Waals surface area contributed by atoms with Crippen molar-refractivity contribution in [2.45, 2.75) is 112 Å². The summed E-state index contributed by atoms with van der Waals surface area (Å²) in [5, 5.41) is 0. The predicted octanol–water partition coefficient (Wildman–Crippen LogP) is 7.03. The van der Waals surface area contributed by atoms with Crippen LogP contribution in [0.5, 0.6) is 0 Å². The predicted molar refractivity (Wildman–Crippen MR) is 140 cm³/mol. The molecule has 7 rings (SSSR count). The third-order valence-corrected chi connectivity index (χ3v) is 12.6. The van der Waals surface area contributed by atoms with E-state index in [0.29, 0.717) is 29.6 Å². The molecule has 0 aromatic carbocycles. The molecule has 0 radical (unpaired) electrons. The molecule has 0 N–H and O–H groups in total. The lowest BCUT2D eigenvalue weighted by atomic mass is 9.47. The molecular weight excluding hydrogens is 448 g/mol. The molecule has 4 fully saturated rings. The topological polar surface area (TPSA) is 52.6 Å². The van der Waals surface area contributed by atoms with E-state index in [1.54, 1.807) is 0 Å². The Bertz CT molecular complexity index is 1020. The molecule has 4 heteroatoms. The highest BCUT2D eigenvalue weighted by molar-refractivity contribution is 5.74. The Morgan fingerprint density at radius 1 is 0.944 bits per heavy atom. The second kappa shape index (κ2) is 8.21. The first-order chi connectivity index (χ1) is 16.9. The lowest BCUT2D eigenvalue weighted by molar-refractivity contribution is -0.172. The summed E-state index contributed by atoms with van der Waals surface area (Å²) in [6.07, 6.45) is 14.5. The summed E-state index contributed by atoms with van der Waals surface area (Å²) in [7, 11) is 0. The molecule has 0 heterocycles. The lowest BCUT2D eigenvalue weighted by Gasteiger charge is -2.59. The van der Waals surface area contributed by atoms with E-state index in [4.69, 9.17) is 9.47 Å². The van der Waals surface area contributed by atoms with E-state index >= 15 is 0 Å². The van der Waals surface area contributed by atoms with Crippen LogP contribution < -0.4 is 0 Å². The number of fused-ring (bicyclic) bond motifs is 6. The molecule has 1 unspecified atom stereocenters. The Hall–Kier alpha value is -1.58. The summed E-state index contributed by atoms with van der Waals surface area (Å²) in [4.78, 5) is 25.3. The fourth-order valence-electron chi connectivity index (χ4n) is 10.5. The molecule has 36 heavy (non-hydrogen) atoms.